The number of carboxylic acids is 1. The Balaban J connectivity index is 3.01. The molecule has 0 unspecified atom stereocenters. The maximum atomic E-state index is 10.9. The van der Waals surface area contributed by atoms with Crippen molar-refractivity contribution < 1.29 is 14.6 Å². The van der Waals surface area contributed by atoms with E-state index in [1.807, 2.05) is 32.0 Å². The zero-order valence-electron chi connectivity index (χ0n) is 11.9. The average molecular weight is 262 g/mol. The van der Waals surface area contributed by atoms with Gasteiger partial charge in [-0.15, -0.1) is 0 Å². The molecule has 0 spiro atoms. The number of aryl methyl sites for hydroxylation is 1. The first kappa shape index (κ1) is 15.3. The summed E-state index contributed by atoms with van der Waals surface area (Å²) < 4.78 is 5.58. The SMILES string of the molecule is CCCOc1ccc(/C(=C/C(=O)O)CCC)c(C)c1. The normalized spacial score (nSPS) is 11.4. The van der Waals surface area contributed by atoms with E-state index >= 15 is 0 Å². The van der Waals surface area contributed by atoms with E-state index in [2.05, 4.69) is 6.92 Å². The second-order valence-corrected chi connectivity index (χ2v) is 4.58. The van der Waals surface area contributed by atoms with Gasteiger partial charge in [0.2, 0.25) is 0 Å². The van der Waals surface area contributed by atoms with E-state index in [1.165, 1.54) is 6.08 Å². The fraction of sp³-hybridized carbons (Fsp3) is 0.438. The van der Waals surface area contributed by atoms with Crippen LogP contribution in [0.3, 0.4) is 0 Å². The Morgan fingerprint density at radius 3 is 2.58 bits per heavy atom. The van der Waals surface area contributed by atoms with Gasteiger partial charge in [0, 0.05) is 6.08 Å². The molecule has 3 heteroatoms. The molecule has 0 aliphatic carbocycles. The second kappa shape index (κ2) is 7.62. The van der Waals surface area contributed by atoms with Crippen molar-refractivity contribution in [2.45, 2.75) is 40.0 Å². The van der Waals surface area contributed by atoms with Crippen molar-refractivity contribution in [3.05, 3.63) is 35.4 Å². The predicted molar refractivity (Wildman–Crippen MR) is 77.5 cm³/mol. The number of hydrogen-bond donors (Lipinski definition) is 1. The molecule has 0 fully saturated rings. The average Bonchev–Trinajstić information content (AvgIpc) is 2.35. The minimum atomic E-state index is -0.894. The van der Waals surface area contributed by atoms with Crippen LogP contribution in [0.25, 0.3) is 5.57 Å². The molecule has 0 saturated carbocycles. The van der Waals surface area contributed by atoms with Crippen molar-refractivity contribution in [3.63, 3.8) is 0 Å². The van der Waals surface area contributed by atoms with Crippen molar-refractivity contribution in [2.24, 2.45) is 0 Å². The van der Waals surface area contributed by atoms with Gasteiger partial charge < -0.3 is 9.84 Å². The third-order valence-electron chi connectivity index (χ3n) is 2.83. The van der Waals surface area contributed by atoms with Gasteiger partial charge in [-0.2, -0.15) is 0 Å². The highest BCUT2D eigenvalue weighted by molar-refractivity contribution is 5.90. The molecule has 0 bridgehead atoms. The van der Waals surface area contributed by atoms with Gasteiger partial charge >= 0.3 is 5.97 Å². The Morgan fingerprint density at radius 2 is 2.05 bits per heavy atom. The first-order valence-electron chi connectivity index (χ1n) is 6.75. The van der Waals surface area contributed by atoms with Crippen LogP contribution in [0.2, 0.25) is 0 Å². The smallest absolute Gasteiger partial charge is 0.328 e. The molecule has 0 atom stereocenters. The van der Waals surface area contributed by atoms with Crippen LogP contribution in [-0.2, 0) is 4.79 Å². The molecule has 1 aromatic carbocycles. The number of aliphatic carboxylic acids is 1. The van der Waals surface area contributed by atoms with Gasteiger partial charge in [0.15, 0.2) is 0 Å². The van der Waals surface area contributed by atoms with Gasteiger partial charge in [0.25, 0.3) is 0 Å². The van der Waals surface area contributed by atoms with Crippen LogP contribution >= 0.6 is 0 Å². The standard InChI is InChI=1S/C16H22O3/c1-4-6-13(11-16(17)18)15-8-7-14(10-12(15)3)19-9-5-2/h7-8,10-11H,4-6,9H2,1-3H3,(H,17,18)/b13-11+. The first-order valence-corrected chi connectivity index (χ1v) is 6.75. The number of benzene rings is 1. The van der Waals surface area contributed by atoms with Crippen molar-refractivity contribution in [2.75, 3.05) is 6.61 Å². The lowest BCUT2D eigenvalue weighted by molar-refractivity contribution is -0.131. The van der Waals surface area contributed by atoms with Crippen LogP contribution in [0, 0.1) is 6.92 Å². The molecule has 0 aromatic heterocycles. The molecule has 0 heterocycles. The lowest BCUT2D eigenvalue weighted by Gasteiger charge is -2.12. The highest BCUT2D eigenvalue weighted by atomic mass is 16.5. The number of carboxylic acid groups (broad SMARTS) is 1. The summed E-state index contributed by atoms with van der Waals surface area (Å²) in [5, 5.41) is 8.93. The van der Waals surface area contributed by atoms with Crippen molar-refractivity contribution >= 4 is 11.5 Å². The maximum absolute atomic E-state index is 10.9. The largest absolute Gasteiger partial charge is 0.494 e. The fourth-order valence-corrected chi connectivity index (χ4v) is 2.01. The summed E-state index contributed by atoms with van der Waals surface area (Å²) in [5.74, 6) is -0.0524. The molecule has 0 aliphatic rings. The number of hydrogen-bond acceptors (Lipinski definition) is 2. The molecule has 1 rings (SSSR count). The van der Waals surface area contributed by atoms with E-state index in [0.29, 0.717) is 6.61 Å². The molecular formula is C16H22O3. The summed E-state index contributed by atoms with van der Waals surface area (Å²) in [5.41, 5.74) is 2.91. The zero-order valence-corrected chi connectivity index (χ0v) is 11.9. The summed E-state index contributed by atoms with van der Waals surface area (Å²) in [4.78, 5) is 10.9. The van der Waals surface area contributed by atoms with Gasteiger partial charge in [0.1, 0.15) is 5.75 Å². The molecule has 1 N–H and O–H groups in total. The maximum Gasteiger partial charge on any atom is 0.328 e. The molecular weight excluding hydrogens is 240 g/mol. The molecule has 19 heavy (non-hydrogen) atoms. The summed E-state index contributed by atoms with van der Waals surface area (Å²) >= 11 is 0. The molecule has 0 aliphatic heterocycles. The zero-order chi connectivity index (χ0) is 14.3. The van der Waals surface area contributed by atoms with E-state index in [-0.39, 0.29) is 0 Å². The highest BCUT2D eigenvalue weighted by Crippen LogP contribution is 2.26. The number of rotatable bonds is 7. The summed E-state index contributed by atoms with van der Waals surface area (Å²) in [6.45, 7) is 6.80. The minimum Gasteiger partial charge on any atom is -0.494 e. The fourth-order valence-electron chi connectivity index (χ4n) is 2.01. The molecule has 1 aromatic rings. The van der Waals surface area contributed by atoms with Gasteiger partial charge in [-0.3, -0.25) is 0 Å². The number of ether oxygens (including phenoxy) is 1. The van der Waals surface area contributed by atoms with E-state index in [0.717, 1.165) is 41.7 Å². The molecule has 0 saturated heterocycles. The number of carbonyl (C=O) groups is 1. The van der Waals surface area contributed by atoms with Crippen molar-refractivity contribution in [3.8, 4) is 5.75 Å². The van der Waals surface area contributed by atoms with Crippen LogP contribution in [0.1, 0.15) is 44.2 Å². The van der Waals surface area contributed by atoms with E-state index in [9.17, 15) is 4.79 Å². The van der Waals surface area contributed by atoms with Gasteiger partial charge in [-0.25, -0.2) is 4.79 Å². The number of allylic oxidation sites excluding steroid dienone is 1. The minimum absolute atomic E-state index is 0.700. The van der Waals surface area contributed by atoms with Crippen LogP contribution in [0.4, 0.5) is 0 Å². The molecule has 0 amide bonds. The topological polar surface area (TPSA) is 46.5 Å². The van der Waals surface area contributed by atoms with Gasteiger partial charge in [-0.05, 0) is 48.6 Å². The third kappa shape index (κ3) is 4.78. The quantitative estimate of drug-likeness (QED) is 0.754. The van der Waals surface area contributed by atoms with Crippen molar-refractivity contribution in [1.29, 1.82) is 0 Å². The molecule has 104 valence electrons. The summed E-state index contributed by atoms with van der Waals surface area (Å²) in [6.07, 6.45) is 3.97. The molecule has 0 radical (unpaired) electrons. The van der Waals surface area contributed by atoms with Crippen LogP contribution in [0.5, 0.6) is 5.75 Å². The highest BCUT2D eigenvalue weighted by Gasteiger charge is 2.08. The van der Waals surface area contributed by atoms with E-state index < -0.39 is 5.97 Å². The Labute approximate surface area is 114 Å². The van der Waals surface area contributed by atoms with Crippen LogP contribution < -0.4 is 4.74 Å². The van der Waals surface area contributed by atoms with E-state index in [1.54, 1.807) is 0 Å². The van der Waals surface area contributed by atoms with Gasteiger partial charge in [-0.1, -0.05) is 26.3 Å². The summed E-state index contributed by atoms with van der Waals surface area (Å²) in [7, 11) is 0. The monoisotopic (exact) mass is 262 g/mol. The molecule has 3 nitrogen and oxygen atoms in total. The lowest BCUT2D eigenvalue weighted by Crippen LogP contribution is -1.98. The van der Waals surface area contributed by atoms with Crippen LogP contribution in [0.15, 0.2) is 24.3 Å². The van der Waals surface area contributed by atoms with Gasteiger partial charge in [0.05, 0.1) is 6.61 Å². The Hall–Kier alpha value is -1.77. The second-order valence-electron chi connectivity index (χ2n) is 4.58. The Kier molecular flexibility index (Phi) is 6.13. The van der Waals surface area contributed by atoms with Crippen LogP contribution in [-0.4, -0.2) is 17.7 Å². The van der Waals surface area contributed by atoms with Crippen molar-refractivity contribution in [1.82, 2.24) is 0 Å². The third-order valence-corrected chi connectivity index (χ3v) is 2.83. The summed E-state index contributed by atoms with van der Waals surface area (Å²) in [6, 6.07) is 5.82. The Bertz CT molecular complexity index is 461. The lowest BCUT2D eigenvalue weighted by atomic mass is 9.96. The first-order chi connectivity index (χ1) is 9.08. The predicted octanol–water partition coefficient (Wildman–Crippen LogP) is 4.05. The Morgan fingerprint density at radius 1 is 1.32 bits per heavy atom. The van der Waals surface area contributed by atoms with E-state index in [4.69, 9.17) is 9.84 Å².